The summed E-state index contributed by atoms with van der Waals surface area (Å²) in [5, 5.41) is 11.5. The van der Waals surface area contributed by atoms with Crippen molar-refractivity contribution in [3.05, 3.63) is 67.3 Å². The molecule has 156 valence electrons. The van der Waals surface area contributed by atoms with Crippen LogP contribution >= 0.6 is 23.2 Å². The molecule has 0 aromatic heterocycles. The molecule has 3 rings (SSSR count). The summed E-state index contributed by atoms with van der Waals surface area (Å²) in [4.78, 5) is 26.9. The van der Waals surface area contributed by atoms with Gasteiger partial charge in [-0.25, -0.2) is 9.79 Å². The quantitative estimate of drug-likeness (QED) is 0.253. The number of aliphatic imine (C=N–C) groups is 1. The van der Waals surface area contributed by atoms with Crippen molar-refractivity contribution in [3.8, 4) is 11.5 Å². The normalized spacial score (nSPS) is 14.5. The van der Waals surface area contributed by atoms with Crippen molar-refractivity contribution in [3.63, 3.8) is 0 Å². The van der Waals surface area contributed by atoms with Gasteiger partial charge in [-0.15, -0.1) is 0 Å². The van der Waals surface area contributed by atoms with Crippen LogP contribution in [0.25, 0.3) is 6.08 Å². The van der Waals surface area contributed by atoms with Gasteiger partial charge < -0.3 is 14.2 Å². The first-order chi connectivity index (χ1) is 14.3. The van der Waals surface area contributed by atoms with Crippen LogP contribution in [-0.4, -0.2) is 30.0 Å². The summed E-state index contributed by atoms with van der Waals surface area (Å²) >= 11 is 12.4. The van der Waals surface area contributed by atoms with E-state index in [-0.39, 0.29) is 27.9 Å². The fourth-order valence-electron chi connectivity index (χ4n) is 2.69. The largest absolute Gasteiger partial charge is 0.490 e. The summed E-state index contributed by atoms with van der Waals surface area (Å²) in [6.45, 7) is 4.45. The summed E-state index contributed by atoms with van der Waals surface area (Å²) in [6.07, 6.45) is 1.46. The molecule has 0 amide bonds. The molecule has 0 radical (unpaired) electrons. The van der Waals surface area contributed by atoms with Gasteiger partial charge in [-0.3, -0.25) is 10.1 Å². The van der Waals surface area contributed by atoms with E-state index in [1.807, 2.05) is 13.8 Å². The Balaban J connectivity index is 2.01. The first kappa shape index (κ1) is 21.6. The number of non-ortho nitro benzene ring substituents is 1. The van der Waals surface area contributed by atoms with Crippen LogP contribution in [0, 0.1) is 10.1 Å². The maximum absolute atomic E-state index is 12.3. The molecule has 0 atom stereocenters. The highest BCUT2D eigenvalue weighted by Crippen LogP contribution is 2.37. The number of esters is 1. The molecule has 0 bridgehead atoms. The molecule has 0 N–H and O–H groups in total. The lowest BCUT2D eigenvalue weighted by molar-refractivity contribution is -0.384. The molecule has 0 fully saturated rings. The van der Waals surface area contributed by atoms with Crippen LogP contribution in [0.3, 0.4) is 0 Å². The van der Waals surface area contributed by atoms with Gasteiger partial charge in [0.15, 0.2) is 17.2 Å². The second-order valence-corrected chi connectivity index (χ2v) is 6.77. The number of halogens is 2. The standard InChI is InChI=1S/C20H16Cl2N2O6/c1-3-28-17-9-11(7-15(22)18(17)29-4-2)8-16-20(25)30-19(23-16)13-10-12(24(26)27)5-6-14(13)21/h5-10H,3-4H2,1-2H3. The third-order valence-corrected chi connectivity index (χ3v) is 4.55. The van der Waals surface area contributed by atoms with E-state index in [2.05, 4.69) is 4.99 Å². The Bertz CT molecular complexity index is 1080. The lowest BCUT2D eigenvalue weighted by Gasteiger charge is -2.13. The second-order valence-electron chi connectivity index (χ2n) is 5.95. The molecule has 2 aromatic carbocycles. The van der Waals surface area contributed by atoms with Gasteiger partial charge in [0.05, 0.1) is 33.7 Å². The number of benzene rings is 2. The Morgan fingerprint density at radius 1 is 1.13 bits per heavy atom. The predicted octanol–water partition coefficient (Wildman–Crippen LogP) is 5.04. The number of cyclic esters (lactones) is 1. The summed E-state index contributed by atoms with van der Waals surface area (Å²) in [7, 11) is 0. The van der Waals surface area contributed by atoms with Crippen LogP contribution in [-0.2, 0) is 9.53 Å². The Morgan fingerprint density at radius 3 is 2.53 bits per heavy atom. The molecule has 2 aromatic rings. The minimum Gasteiger partial charge on any atom is -0.490 e. The molecule has 1 aliphatic heterocycles. The summed E-state index contributed by atoms with van der Waals surface area (Å²) in [6, 6.07) is 7.04. The predicted molar refractivity (Wildman–Crippen MR) is 113 cm³/mol. The SMILES string of the molecule is CCOc1cc(C=C2N=C(c3cc([N+](=O)[O-])ccc3Cl)OC2=O)cc(Cl)c1OCC. The molecular weight excluding hydrogens is 435 g/mol. The van der Waals surface area contributed by atoms with Gasteiger partial charge in [-0.2, -0.15) is 0 Å². The highest BCUT2D eigenvalue weighted by Gasteiger charge is 2.27. The molecule has 0 spiro atoms. The zero-order valence-electron chi connectivity index (χ0n) is 16.0. The number of carbonyl (C=O) groups is 1. The number of ether oxygens (including phenoxy) is 3. The number of nitro benzene ring substituents is 1. The summed E-state index contributed by atoms with van der Waals surface area (Å²) in [5.74, 6) is -0.0155. The van der Waals surface area contributed by atoms with Crippen LogP contribution < -0.4 is 9.47 Å². The molecule has 0 saturated heterocycles. The van der Waals surface area contributed by atoms with Crippen LogP contribution in [0.1, 0.15) is 25.0 Å². The monoisotopic (exact) mass is 450 g/mol. The number of carbonyl (C=O) groups excluding carboxylic acids is 1. The fourth-order valence-corrected chi connectivity index (χ4v) is 3.16. The molecular formula is C20H16Cl2N2O6. The molecule has 1 aliphatic rings. The van der Waals surface area contributed by atoms with Gasteiger partial charge in [0.2, 0.25) is 5.90 Å². The maximum atomic E-state index is 12.3. The van der Waals surface area contributed by atoms with Crippen molar-refractivity contribution >= 4 is 46.8 Å². The van der Waals surface area contributed by atoms with Gasteiger partial charge in [-0.05, 0) is 43.7 Å². The highest BCUT2D eigenvalue weighted by atomic mass is 35.5. The minimum absolute atomic E-state index is 0.0183. The minimum atomic E-state index is -0.726. The van der Waals surface area contributed by atoms with Gasteiger partial charge in [0, 0.05) is 12.1 Å². The summed E-state index contributed by atoms with van der Waals surface area (Å²) < 4.78 is 16.3. The maximum Gasteiger partial charge on any atom is 0.363 e. The van der Waals surface area contributed by atoms with Crippen molar-refractivity contribution in [2.24, 2.45) is 4.99 Å². The van der Waals surface area contributed by atoms with Crippen molar-refractivity contribution < 1.29 is 23.9 Å². The lowest BCUT2D eigenvalue weighted by Crippen LogP contribution is -2.06. The number of hydrogen-bond acceptors (Lipinski definition) is 7. The Kier molecular flexibility index (Phi) is 6.59. The lowest BCUT2D eigenvalue weighted by atomic mass is 10.1. The average molecular weight is 451 g/mol. The number of rotatable bonds is 7. The third kappa shape index (κ3) is 4.55. The smallest absolute Gasteiger partial charge is 0.363 e. The van der Waals surface area contributed by atoms with E-state index in [4.69, 9.17) is 37.4 Å². The van der Waals surface area contributed by atoms with Gasteiger partial charge >= 0.3 is 5.97 Å². The molecule has 30 heavy (non-hydrogen) atoms. The molecule has 8 nitrogen and oxygen atoms in total. The van der Waals surface area contributed by atoms with E-state index in [1.165, 1.54) is 24.3 Å². The number of nitro groups is 1. The Labute approximate surface area is 181 Å². The van der Waals surface area contributed by atoms with Crippen molar-refractivity contribution in [2.75, 3.05) is 13.2 Å². The number of nitrogens with zero attached hydrogens (tertiary/aromatic N) is 2. The average Bonchev–Trinajstić information content (AvgIpc) is 3.05. The molecule has 1 heterocycles. The third-order valence-electron chi connectivity index (χ3n) is 3.94. The van der Waals surface area contributed by atoms with Gasteiger partial charge in [-0.1, -0.05) is 23.2 Å². The fraction of sp³-hybridized carbons (Fsp3) is 0.200. The first-order valence-electron chi connectivity index (χ1n) is 8.90. The van der Waals surface area contributed by atoms with Gasteiger partial charge in [0.1, 0.15) is 0 Å². The first-order valence-corrected chi connectivity index (χ1v) is 9.65. The molecule has 0 aliphatic carbocycles. The van der Waals surface area contributed by atoms with Crippen LogP contribution in [0.4, 0.5) is 5.69 Å². The van der Waals surface area contributed by atoms with Crippen LogP contribution in [0.2, 0.25) is 10.0 Å². The van der Waals surface area contributed by atoms with E-state index < -0.39 is 10.9 Å². The van der Waals surface area contributed by atoms with E-state index in [9.17, 15) is 14.9 Å². The van der Waals surface area contributed by atoms with Crippen molar-refractivity contribution in [1.29, 1.82) is 0 Å². The topological polar surface area (TPSA) is 100 Å². The van der Waals surface area contributed by atoms with E-state index in [0.29, 0.717) is 35.3 Å². The van der Waals surface area contributed by atoms with E-state index >= 15 is 0 Å². The zero-order chi connectivity index (χ0) is 21.8. The Hall–Kier alpha value is -3.10. The second kappa shape index (κ2) is 9.15. The highest BCUT2D eigenvalue weighted by molar-refractivity contribution is 6.34. The molecule has 0 unspecified atom stereocenters. The van der Waals surface area contributed by atoms with Crippen molar-refractivity contribution in [2.45, 2.75) is 13.8 Å². The zero-order valence-corrected chi connectivity index (χ0v) is 17.5. The van der Waals surface area contributed by atoms with Crippen LogP contribution in [0.15, 0.2) is 41.0 Å². The van der Waals surface area contributed by atoms with Crippen molar-refractivity contribution in [1.82, 2.24) is 0 Å². The molecule has 0 saturated carbocycles. The van der Waals surface area contributed by atoms with Gasteiger partial charge in [0.25, 0.3) is 5.69 Å². The van der Waals surface area contributed by atoms with Crippen LogP contribution in [0.5, 0.6) is 11.5 Å². The van der Waals surface area contributed by atoms with E-state index in [1.54, 1.807) is 12.1 Å². The Morgan fingerprint density at radius 2 is 1.87 bits per heavy atom. The molecule has 10 heteroatoms. The number of hydrogen-bond donors (Lipinski definition) is 0. The summed E-state index contributed by atoms with van der Waals surface area (Å²) in [5.41, 5.74) is 0.455. The van der Waals surface area contributed by atoms with E-state index in [0.717, 1.165) is 0 Å².